The zero-order valence-corrected chi connectivity index (χ0v) is 13.5. The number of nitrogens with zero attached hydrogens (tertiary/aromatic N) is 2. The Kier molecular flexibility index (Phi) is 4.15. The van der Waals surface area contributed by atoms with Crippen molar-refractivity contribution in [3.05, 3.63) is 40.7 Å². The molecule has 1 aromatic heterocycles. The minimum Gasteiger partial charge on any atom is -0.486 e. The first kappa shape index (κ1) is 14.8. The number of rotatable bonds is 3. The summed E-state index contributed by atoms with van der Waals surface area (Å²) in [4.78, 5) is 1.12. The highest BCUT2D eigenvalue weighted by molar-refractivity contribution is 7.99. The van der Waals surface area contributed by atoms with Crippen LogP contribution in [-0.4, -0.2) is 32.8 Å². The molecule has 0 saturated heterocycles. The molecule has 2 heterocycles. The van der Waals surface area contributed by atoms with Crippen LogP contribution in [0.5, 0.6) is 5.75 Å². The molecule has 2 aromatic rings. The van der Waals surface area contributed by atoms with E-state index in [9.17, 15) is 5.11 Å². The van der Waals surface area contributed by atoms with Crippen molar-refractivity contribution in [3.8, 4) is 5.75 Å². The first-order chi connectivity index (χ1) is 10.1. The molecule has 0 spiro atoms. The van der Waals surface area contributed by atoms with E-state index in [0.717, 1.165) is 27.8 Å². The van der Waals surface area contributed by atoms with Gasteiger partial charge in [-0.1, -0.05) is 23.7 Å². The molecular weight excluding hydrogens is 308 g/mol. The van der Waals surface area contributed by atoms with Crippen molar-refractivity contribution in [2.75, 3.05) is 5.75 Å². The van der Waals surface area contributed by atoms with Gasteiger partial charge in [0.2, 0.25) is 0 Å². The molecule has 1 aliphatic rings. The summed E-state index contributed by atoms with van der Waals surface area (Å²) in [5, 5.41) is 15.4. The Hall–Kier alpha value is -1.17. The number of aryl methyl sites for hydroxylation is 2. The van der Waals surface area contributed by atoms with Gasteiger partial charge in [0.05, 0.1) is 22.5 Å². The van der Waals surface area contributed by atoms with E-state index in [1.807, 2.05) is 38.2 Å². The van der Waals surface area contributed by atoms with Crippen molar-refractivity contribution in [3.63, 3.8) is 0 Å². The third-order valence-corrected chi connectivity index (χ3v) is 5.26. The van der Waals surface area contributed by atoms with Gasteiger partial charge in [-0.05, 0) is 19.1 Å². The van der Waals surface area contributed by atoms with E-state index in [1.165, 1.54) is 0 Å². The number of benzene rings is 1. The summed E-state index contributed by atoms with van der Waals surface area (Å²) in [6, 6.07) is 7.89. The fourth-order valence-corrected chi connectivity index (χ4v) is 3.76. The highest BCUT2D eigenvalue weighted by Crippen LogP contribution is 2.36. The van der Waals surface area contributed by atoms with Crippen molar-refractivity contribution >= 4 is 23.4 Å². The molecule has 1 aliphatic heterocycles. The Morgan fingerprint density at radius 3 is 3.00 bits per heavy atom. The highest BCUT2D eigenvalue weighted by Gasteiger charge is 2.28. The lowest BCUT2D eigenvalue weighted by Crippen LogP contribution is -2.37. The standard InChI is InChI=1S/C15H17ClN2O2S/c1-9-15(16)10(18(2)17-9)7-11(19)13-8-21-14-6-4-3-5-12(14)20-13/h3-6,11,13,19H,7-8H2,1-2H3. The zero-order valence-electron chi connectivity index (χ0n) is 11.9. The number of aliphatic hydroxyl groups excluding tert-OH is 1. The molecular formula is C15H17ClN2O2S. The third kappa shape index (κ3) is 2.91. The molecule has 0 saturated carbocycles. The Labute approximate surface area is 133 Å². The molecule has 3 rings (SSSR count). The number of thioether (sulfide) groups is 1. The molecule has 2 atom stereocenters. The van der Waals surface area contributed by atoms with Crippen molar-refractivity contribution in [2.24, 2.45) is 7.05 Å². The van der Waals surface area contributed by atoms with Crippen LogP contribution in [0, 0.1) is 6.92 Å². The quantitative estimate of drug-likeness (QED) is 0.943. The molecule has 0 fully saturated rings. The molecule has 0 radical (unpaired) electrons. The fraction of sp³-hybridized carbons (Fsp3) is 0.400. The number of aliphatic hydroxyl groups is 1. The summed E-state index contributed by atoms with van der Waals surface area (Å²) < 4.78 is 7.64. The van der Waals surface area contributed by atoms with Crippen LogP contribution in [-0.2, 0) is 13.5 Å². The largest absolute Gasteiger partial charge is 0.486 e. The fourth-order valence-electron chi connectivity index (χ4n) is 2.46. The van der Waals surface area contributed by atoms with Crippen LogP contribution in [0.1, 0.15) is 11.4 Å². The van der Waals surface area contributed by atoms with Gasteiger partial charge in [-0.2, -0.15) is 5.10 Å². The lowest BCUT2D eigenvalue weighted by molar-refractivity contribution is 0.0457. The van der Waals surface area contributed by atoms with Crippen LogP contribution in [0.3, 0.4) is 0 Å². The van der Waals surface area contributed by atoms with Crippen LogP contribution < -0.4 is 4.74 Å². The average Bonchev–Trinajstić information content (AvgIpc) is 2.73. The SMILES string of the molecule is Cc1nn(C)c(CC(O)C2CSc3ccccc3O2)c1Cl. The Morgan fingerprint density at radius 2 is 2.29 bits per heavy atom. The second-order valence-corrected chi connectivity index (χ2v) is 6.60. The van der Waals surface area contributed by atoms with E-state index in [-0.39, 0.29) is 6.10 Å². The van der Waals surface area contributed by atoms with Crippen LogP contribution in [0.2, 0.25) is 5.02 Å². The topological polar surface area (TPSA) is 47.3 Å². The number of hydrogen-bond donors (Lipinski definition) is 1. The molecule has 0 bridgehead atoms. The first-order valence-electron chi connectivity index (χ1n) is 6.80. The maximum Gasteiger partial charge on any atom is 0.134 e. The number of para-hydroxylation sites is 1. The van der Waals surface area contributed by atoms with Gasteiger partial charge >= 0.3 is 0 Å². The van der Waals surface area contributed by atoms with E-state index in [1.54, 1.807) is 16.4 Å². The molecule has 4 nitrogen and oxygen atoms in total. The van der Waals surface area contributed by atoms with E-state index in [2.05, 4.69) is 5.10 Å². The highest BCUT2D eigenvalue weighted by atomic mass is 35.5. The van der Waals surface area contributed by atoms with Gasteiger partial charge in [0.15, 0.2) is 0 Å². The van der Waals surface area contributed by atoms with E-state index >= 15 is 0 Å². The van der Waals surface area contributed by atoms with Gasteiger partial charge in [-0.15, -0.1) is 11.8 Å². The number of halogens is 1. The molecule has 2 unspecified atom stereocenters. The summed E-state index contributed by atoms with van der Waals surface area (Å²) in [5.41, 5.74) is 1.62. The maximum absolute atomic E-state index is 10.5. The second kappa shape index (κ2) is 5.91. The van der Waals surface area contributed by atoms with Gasteiger partial charge in [0, 0.05) is 24.1 Å². The molecule has 21 heavy (non-hydrogen) atoms. The van der Waals surface area contributed by atoms with Gasteiger partial charge in [-0.25, -0.2) is 0 Å². The maximum atomic E-state index is 10.5. The smallest absolute Gasteiger partial charge is 0.134 e. The van der Waals surface area contributed by atoms with Gasteiger partial charge in [0.25, 0.3) is 0 Å². The van der Waals surface area contributed by atoms with Crippen LogP contribution in [0.15, 0.2) is 29.2 Å². The van der Waals surface area contributed by atoms with Gasteiger partial charge in [-0.3, -0.25) is 4.68 Å². The molecule has 112 valence electrons. The predicted octanol–water partition coefficient (Wildman–Crippen LogP) is 2.84. The summed E-state index contributed by atoms with van der Waals surface area (Å²) in [6.07, 6.45) is -0.418. The summed E-state index contributed by atoms with van der Waals surface area (Å²) in [6.45, 7) is 1.86. The minimum absolute atomic E-state index is 0.240. The molecule has 1 aromatic carbocycles. The molecule has 1 N–H and O–H groups in total. The number of ether oxygens (including phenoxy) is 1. The number of hydrogen-bond acceptors (Lipinski definition) is 4. The van der Waals surface area contributed by atoms with Crippen LogP contribution in [0.25, 0.3) is 0 Å². The monoisotopic (exact) mass is 324 g/mol. The van der Waals surface area contributed by atoms with Crippen molar-refractivity contribution in [1.29, 1.82) is 0 Å². The predicted molar refractivity (Wildman–Crippen MR) is 84.2 cm³/mol. The Bertz CT molecular complexity index is 659. The summed E-state index contributed by atoms with van der Waals surface area (Å²) in [7, 11) is 1.84. The second-order valence-electron chi connectivity index (χ2n) is 5.16. The van der Waals surface area contributed by atoms with E-state index < -0.39 is 6.10 Å². The number of aromatic nitrogens is 2. The first-order valence-corrected chi connectivity index (χ1v) is 8.17. The van der Waals surface area contributed by atoms with Crippen molar-refractivity contribution in [2.45, 2.75) is 30.4 Å². The van der Waals surface area contributed by atoms with Crippen molar-refractivity contribution < 1.29 is 9.84 Å². The van der Waals surface area contributed by atoms with Crippen LogP contribution in [0.4, 0.5) is 0 Å². The third-order valence-electron chi connectivity index (χ3n) is 3.62. The van der Waals surface area contributed by atoms with Crippen molar-refractivity contribution in [1.82, 2.24) is 9.78 Å². The van der Waals surface area contributed by atoms with E-state index in [0.29, 0.717) is 11.4 Å². The Balaban J connectivity index is 1.73. The average molecular weight is 325 g/mol. The summed E-state index contributed by atoms with van der Waals surface area (Å²) in [5.74, 6) is 1.57. The molecule has 0 amide bonds. The minimum atomic E-state index is -0.613. The molecule has 6 heteroatoms. The molecule has 0 aliphatic carbocycles. The zero-order chi connectivity index (χ0) is 15.0. The van der Waals surface area contributed by atoms with Gasteiger partial charge < -0.3 is 9.84 Å². The van der Waals surface area contributed by atoms with Gasteiger partial charge in [0.1, 0.15) is 11.9 Å². The number of fused-ring (bicyclic) bond motifs is 1. The normalized spacial score (nSPS) is 19.0. The van der Waals surface area contributed by atoms with Crippen LogP contribution >= 0.6 is 23.4 Å². The van der Waals surface area contributed by atoms with E-state index in [4.69, 9.17) is 16.3 Å². The lowest BCUT2D eigenvalue weighted by Gasteiger charge is -2.29. The lowest BCUT2D eigenvalue weighted by atomic mass is 10.1. The Morgan fingerprint density at radius 1 is 1.52 bits per heavy atom. The summed E-state index contributed by atoms with van der Waals surface area (Å²) >= 11 is 7.95.